The van der Waals surface area contributed by atoms with Crippen LogP contribution < -0.4 is 0 Å². The van der Waals surface area contributed by atoms with Crippen molar-refractivity contribution < 1.29 is 191 Å². The molecule has 9 N–H and O–H groups in total. The minimum absolute atomic E-state index is 0.0115. The summed E-state index contributed by atoms with van der Waals surface area (Å²) in [5.74, 6) is -3.03. The van der Waals surface area contributed by atoms with Crippen LogP contribution in [0, 0.1) is 0 Å². The Morgan fingerprint density at radius 2 is 0.840 bits per heavy atom. The molecule has 16 aliphatic heterocycles. The maximum atomic E-state index is 13.4. The lowest BCUT2D eigenvalue weighted by Gasteiger charge is -2.25. The van der Waals surface area contributed by atoms with Gasteiger partial charge in [-0.3, -0.25) is 19.0 Å². The second-order valence-corrected chi connectivity index (χ2v) is 41.5. The summed E-state index contributed by atoms with van der Waals surface area (Å²) < 4.78 is 190. The van der Waals surface area contributed by atoms with E-state index >= 15 is 0 Å². The average molecular weight is 2110 g/mol. The molecule has 0 saturated carbocycles. The fraction of sp³-hybridized carbons (Fsp3) is 0.931. The predicted octanol–water partition coefficient (Wildman–Crippen LogP) is 11.9. The average Bonchev–Trinajstić information content (AvgIpc) is 1.55. The second-order valence-electron chi connectivity index (χ2n) is 41.2. The molecule has 144 heavy (non-hydrogen) atoms. The van der Waals surface area contributed by atoms with Crippen molar-refractivity contribution in [2.45, 2.75) is 563 Å². The first-order valence-electron chi connectivity index (χ1n) is 51.8. The molecule has 43 heteroatoms. The Balaban J connectivity index is 0.000000242. The van der Waals surface area contributed by atoms with Gasteiger partial charge in [-0.05, 0) is 180 Å². The van der Waals surface area contributed by atoms with Gasteiger partial charge in [-0.2, -0.15) is 0 Å². The van der Waals surface area contributed by atoms with E-state index in [0.717, 1.165) is 83.5 Å². The molecule has 16 fully saturated rings. The summed E-state index contributed by atoms with van der Waals surface area (Å²) in [6.45, 7) is 46.7. The smallest absolute Gasteiger partial charge is 0.305 e. The quantitative estimate of drug-likeness (QED) is 0.0353. The van der Waals surface area contributed by atoms with E-state index in [1.807, 2.05) is 111 Å². The number of nitrogens with zero attached hydrogens (tertiary/aromatic N) is 2. The maximum Gasteiger partial charge on any atom is 0.305 e. The molecule has 11 unspecified atom stereocenters. The SMILES string of the molecule is CC1(C)OC2[C@@H](O[C@H](CO)[C@@H]2O)O1.CC[C@@H]1CC(=O)[C@H](C)O1.CC[C@@H]1CC(F)(CF)[C@H](C)O1.CC[C@@H]1CC(O)(CC)[C@H](C)O1.CC[C@@H]1CC(O)(CF)[C@H](C)O1.CC[C@@H]1CC(O)[C@H](C)O1.CC[C@@H]1CC(OC(C)=O)[C@H](OC(C)=O)O1.CC[C@@H]1CC2OC(C)(C)O[C@@H]2O1.CC[C@H]1O[C@H]2OC(C)(C)OC2[C@H]1O.CC[C@H]1O[C@H]2OC(C)(C)OC2[C@H]1OC(=S)n1ccnc1.C[C@@H]1O[C@H](CO)CC1(F)CF.C[C@@H]1O[C@H](CO)CC1O. The molecule has 17 heterocycles. The Morgan fingerprint density at radius 3 is 1.19 bits per heavy atom. The third-order valence-corrected chi connectivity index (χ3v) is 28.2. The number of aliphatic hydroxyl groups is 9. The van der Waals surface area contributed by atoms with Crippen LogP contribution in [0.25, 0.3) is 0 Å². The maximum absolute atomic E-state index is 13.4. The van der Waals surface area contributed by atoms with E-state index in [0.29, 0.717) is 43.1 Å². The fourth-order valence-electron chi connectivity index (χ4n) is 18.6. The highest BCUT2D eigenvalue weighted by Gasteiger charge is 2.59. The highest BCUT2D eigenvalue weighted by molar-refractivity contribution is 7.80. The summed E-state index contributed by atoms with van der Waals surface area (Å²) >= 11 is 5.28. The van der Waals surface area contributed by atoms with Gasteiger partial charge >= 0.3 is 11.9 Å². The molecule has 37 nitrogen and oxygen atoms in total. The summed E-state index contributed by atoms with van der Waals surface area (Å²) in [7, 11) is 0. The van der Waals surface area contributed by atoms with Gasteiger partial charge in [-0.25, -0.2) is 26.9 Å². The van der Waals surface area contributed by atoms with Gasteiger partial charge in [0.05, 0.1) is 135 Å². The topological polar surface area (TPSA) is 463 Å². The Kier molecular flexibility index (Phi) is 52.3. The van der Waals surface area contributed by atoms with E-state index in [9.17, 15) is 61.9 Å². The van der Waals surface area contributed by atoms with Crippen LogP contribution in [-0.2, 0) is 123 Å². The summed E-state index contributed by atoms with van der Waals surface area (Å²) in [4.78, 5) is 36.4. The summed E-state index contributed by atoms with van der Waals surface area (Å²) in [6, 6.07) is 0. The first-order chi connectivity index (χ1) is 67.4. The summed E-state index contributed by atoms with van der Waals surface area (Å²) in [5.41, 5.74) is -5.38. The number of thiocarbonyl (C=S) groups is 1. The van der Waals surface area contributed by atoms with Crippen LogP contribution in [-0.4, -0.2) is 372 Å². The molecule has 16 aliphatic rings. The van der Waals surface area contributed by atoms with Crippen LogP contribution >= 0.6 is 12.2 Å². The van der Waals surface area contributed by atoms with E-state index in [4.69, 9.17) is 142 Å². The van der Waals surface area contributed by atoms with Gasteiger partial charge in [-0.15, -0.1) is 0 Å². The molecule has 17 rings (SSSR count). The van der Waals surface area contributed by atoms with Crippen LogP contribution in [0.5, 0.6) is 0 Å². The van der Waals surface area contributed by atoms with Crippen LogP contribution in [0.15, 0.2) is 18.7 Å². The zero-order chi connectivity index (χ0) is 108. The third kappa shape index (κ3) is 37.6. The molecule has 0 amide bonds. The zero-order valence-corrected chi connectivity index (χ0v) is 90.7. The highest BCUT2D eigenvalue weighted by atomic mass is 32.1. The lowest BCUT2D eigenvalue weighted by molar-refractivity contribution is -0.218. The number of imidazole rings is 1. The van der Waals surface area contributed by atoms with Crippen molar-refractivity contribution in [2.24, 2.45) is 0 Å². The first-order valence-corrected chi connectivity index (χ1v) is 52.2. The molecule has 1 aromatic heterocycles. The molecular formula is C101H177F5N2O35S. The van der Waals surface area contributed by atoms with Crippen LogP contribution in [0.2, 0.25) is 0 Å². The van der Waals surface area contributed by atoms with Crippen molar-refractivity contribution >= 4 is 35.1 Å². The summed E-state index contributed by atoms with van der Waals surface area (Å²) in [5, 5.41) is 83.4. The lowest BCUT2D eigenvalue weighted by atomic mass is 9.91. The predicted molar refractivity (Wildman–Crippen MR) is 516 cm³/mol. The molecule has 842 valence electrons. The number of rotatable bonds is 19. The van der Waals surface area contributed by atoms with Gasteiger partial charge < -0.3 is 155 Å². The van der Waals surface area contributed by atoms with Gasteiger partial charge in [0.2, 0.25) is 6.29 Å². The van der Waals surface area contributed by atoms with Crippen molar-refractivity contribution in [3.8, 4) is 0 Å². The number of aromatic nitrogens is 2. The zero-order valence-electron chi connectivity index (χ0n) is 89.9. The number of Topliss-reactive ketones (excluding diaryl/α,β-unsaturated/α-hetero) is 1. The van der Waals surface area contributed by atoms with Crippen molar-refractivity contribution in [3.63, 3.8) is 0 Å². The molecule has 0 radical (unpaired) electrons. The highest BCUT2D eigenvalue weighted by Crippen LogP contribution is 2.45. The Labute approximate surface area is 853 Å². The minimum atomic E-state index is -1.88. The van der Waals surface area contributed by atoms with Crippen LogP contribution in [0.1, 0.15) is 309 Å². The first kappa shape index (κ1) is 129. The second kappa shape index (κ2) is 58.5. The molecule has 1 aromatic rings. The third-order valence-electron chi connectivity index (χ3n) is 27.9. The number of halogens is 5. The van der Waals surface area contributed by atoms with Crippen molar-refractivity contribution in [3.05, 3.63) is 18.7 Å². The van der Waals surface area contributed by atoms with E-state index in [1.165, 1.54) is 20.8 Å². The number of aliphatic hydroxyl groups excluding tert-OH is 7. The summed E-state index contributed by atoms with van der Waals surface area (Å²) in [6.07, 6.45) is 10.5. The molecular weight excluding hydrogens is 1930 g/mol. The van der Waals surface area contributed by atoms with Gasteiger partial charge in [0, 0.05) is 84.0 Å². The van der Waals surface area contributed by atoms with E-state index in [1.54, 1.807) is 57.9 Å². The van der Waals surface area contributed by atoms with Crippen LogP contribution in [0.4, 0.5) is 22.0 Å². The van der Waals surface area contributed by atoms with Gasteiger partial charge in [-0.1, -0.05) is 69.2 Å². The largest absolute Gasteiger partial charge is 0.461 e. The van der Waals surface area contributed by atoms with E-state index in [-0.39, 0.29) is 161 Å². The van der Waals surface area contributed by atoms with Gasteiger partial charge in [0.25, 0.3) is 5.17 Å². The number of carbonyl (C=O) groups excluding carboxylic acids is 3. The normalized spacial score (nSPS) is 41.7. The van der Waals surface area contributed by atoms with Gasteiger partial charge in [0.15, 0.2) is 83.7 Å². The number of hydrogen-bond donors (Lipinski definition) is 9. The Morgan fingerprint density at radius 1 is 0.431 bits per heavy atom. The van der Waals surface area contributed by atoms with Crippen molar-refractivity contribution in [1.82, 2.24) is 9.55 Å². The number of hydrogen-bond acceptors (Lipinski definition) is 37. The van der Waals surface area contributed by atoms with Crippen molar-refractivity contribution in [2.75, 3.05) is 39.8 Å². The number of alkyl halides is 5. The molecule has 38 atom stereocenters. The minimum Gasteiger partial charge on any atom is -0.461 e. The molecule has 0 aromatic carbocycles. The molecule has 16 saturated heterocycles. The molecule has 0 spiro atoms. The Hall–Kier alpha value is -3.80. The lowest BCUT2D eigenvalue weighted by Crippen LogP contribution is -2.38. The van der Waals surface area contributed by atoms with Gasteiger partial charge in [0.1, 0.15) is 80.8 Å². The number of ether oxygens (including phenoxy) is 23. The number of fused-ring (bicyclic) bond motifs is 4. The number of carbonyl (C=O) groups is 3. The molecule has 0 aliphatic carbocycles. The van der Waals surface area contributed by atoms with Crippen molar-refractivity contribution in [1.29, 1.82) is 0 Å². The number of ketones is 1. The standard InChI is InChI=1S/C13H18N2O4S.C10H16O5.C9H16O4.C9H16O3.C9H18O2.C8H14F2O.C8H15FO2.C8H14O5.C7H12F2O2.C7H14O2.C7H12O2.C6H12O3/c1-4-8-9(17-12(20)15-6-5-14-7-15)10-11(16-8)19-13(2,3)18-10;1-4-8-5-9(13-6(2)11)10(15-8)14-7(3)12;1-4-5-6(10)7-8(11-5)13-9(2,3)12-7;1-4-6-5-7-8(10-6)12-9(2,3)11-7;1-4-8-6-9(10,5-2)7(3)11-8;2*1-3-7-4-8(10,5-9)6(2)11-7;1-8(2)12-6-5(10)4(3-9)11-7(6)13-8;1-5-7(9,4-8)2-6(3-10)11-5;2*1-3-6-4-7(8)5(2)9-6;1-4-6(8)2-5(3-7)9-4/h5-11H,4H2,1-3H3;8-10H,4-5H2,1-3H3;5-8,10H,4H2,1-3H3;6-8H,4-5H2,1-3H3;7-8,10H,4-6H2,1-3H3;6-7H,3-5H2,1-2H3;6-7,10H,3-5H2,1-2H3;4-7,9-10H,3H2,1-2H3;5-6,10H,2-4H2,1H3;5-8H,3-4H2,1-2H3;5-6H,3-4H2,1-2H3;4-8H,2-3H2,1H3/t8-,9+,10?,11+;8-,9?,10-;5-,6+,7?,8+;6-,7?,8+;7-,8+,9?;2*6-,7+,8?;4-,5+,6?,7+;5-,6-,7?;5-,6+,7?;5-,6+;4-,5-,6?/m111100010000/s1. The number of esters is 2. The van der Waals surface area contributed by atoms with E-state index in [2.05, 4.69) is 25.8 Å². The molecule has 0 bridgehead atoms. The Bertz CT molecular complexity index is 3610. The fourth-order valence-corrected chi connectivity index (χ4v) is 18.8. The van der Waals surface area contributed by atoms with E-state index < -0.39 is 152 Å². The monoisotopic (exact) mass is 2110 g/mol. The van der Waals surface area contributed by atoms with Crippen LogP contribution in [0.3, 0.4) is 0 Å².